The van der Waals surface area contributed by atoms with Gasteiger partial charge in [-0.15, -0.1) is 0 Å². The highest BCUT2D eigenvalue weighted by Gasteiger charge is 2.29. The maximum Gasteiger partial charge on any atom is 0.321 e. The molecule has 0 atom stereocenters. The summed E-state index contributed by atoms with van der Waals surface area (Å²) < 4.78 is 31.3. The lowest BCUT2D eigenvalue weighted by molar-refractivity contribution is -0.141. The van der Waals surface area contributed by atoms with Crippen molar-refractivity contribution in [3.63, 3.8) is 0 Å². The number of carbonyl (C=O) groups excluding carboxylic acids is 1. The van der Waals surface area contributed by atoms with Crippen molar-refractivity contribution in [1.82, 2.24) is 4.31 Å². The molecule has 0 aliphatic heterocycles. The van der Waals surface area contributed by atoms with Crippen molar-refractivity contribution >= 4 is 31.9 Å². The Hall–Kier alpha value is -0.920. The van der Waals surface area contributed by atoms with Gasteiger partial charge in [0.25, 0.3) is 0 Å². The van der Waals surface area contributed by atoms with Gasteiger partial charge in [0.2, 0.25) is 10.0 Å². The topological polar surface area (TPSA) is 63.7 Å². The molecule has 1 aromatic carbocycles. The number of hydrogen-bond donors (Lipinski definition) is 0. The van der Waals surface area contributed by atoms with Gasteiger partial charge in [-0.1, -0.05) is 15.9 Å². The summed E-state index contributed by atoms with van der Waals surface area (Å²) >= 11 is 3.25. The molecule has 1 rings (SSSR count). The molecule has 0 unspecified atom stereocenters. The molecule has 0 saturated carbocycles. The van der Waals surface area contributed by atoms with Gasteiger partial charge in [0.1, 0.15) is 6.54 Å². The monoisotopic (exact) mass is 349 g/mol. The fourth-order valence-electron chi connectivity index (χ4n) is 1.48. The summed E-state index contributed by atoms with van der Waals surface area (Å²) in [5.74, 6) is -0.589. The molecule has 0 spiro atoms. The van der Waals surface area contributed by atoms with Gasteiger partial charge >= 0.3 is 5.97 Å². The number of nitrogens with zero attached hydrogens (tertiary/aromatic N) is 1. The fourth-order valence-corrected chi connectivity index (χ4v) is 3.32. The molecule has 106 valence electrons. The molecule has 5 nitrogen and oxygen atoms in total. The normalized spacial score (nSPS) is 11.9. The molecule has 1 aromatic rings. The van der Waals surface area contributed by atoms with E-state index in [1.807, 2.05) is 0 Å². The number of carbonyl (C=O) groups is 1. The van der Waals surface area contributed by atoms with Gasteiger partial charge in [0.05, 0.1) is 12.0 Å². The molecule has 0 amide bonds. The van der Waals surface area contributed by atoms with Crippen LogP contribution in [0.15, 0.2) is 33.6 Å². The largest absolute Gasteiger partial charge is 0.468 e. The minimum Gasteiger partial charge on any atom is -0.468 e. The highest BCUT2D eigenvalue weighted by molar-refractivity contribution is 9.10. The summed E-state index contributed by atoms with van der Waals surface area (Å²) in [6.45, 7) is 3.12. The Balaban J connectivity index is 3.13. The van der Waals surface area contributed by atoms with Gasteiger partial charge in [-0.3, -0.25) is 4.79 Å². The standard InChI is InChI=1S/C12H16BrNO4S/c1-9(2)14(8-12(15)18-3)19(16,17)11-6-4-10(13)5-7-11/h4-7,9H,8H2,1-3H3. The Morgan fingerprint density at radius 3 is 2.26 bits per heavy atom. The number of rotatable bonds is 5. The molecule has 19 heavy (non-hydrogen) atoms. The number of benzene rings is 1. The highest BCUT2D eigenvalue weighted by Crippen LogP contribution is 2.20. The summed E-state index contributed by atoms with van der Waals surface area (Å²) in [7, 11) is -2.48. The third-order valence-electron chi connectivity index (χ3n) is 2.51. The predicted molar refractivity (Wildman–Crippen MR) is 75.2 cm³/mol. The van der Waals surface area contributed by atoms with Gasteiger partial charge in [0, 0.05) is 10.5 Å². The van der Waals surface area contributed by atoms with Gasteiger partial charge in [0.15, 0.2) is 0 Å². The minimum absolute atomic E-state index is 0.147. The van der Waals surface area contributed by atoms with Crippen molar-refractivity contribution in [3.05, 3.63) is 28.7 Å². The molecular weight excluding hydrogens is 334 g/mol. The number of ether oxygens (including phenoxy) is 1. The van der Waals surface area contributed by atoms with E-state index in [4.69, 9.17) is 0 Å². The van der Waals surface area contributed by atoms with E-state index in [1.54, 1.807) is 26.0 Å². The Morgan fingerprint density at radius 2 is 1.84 bits per heavy atom. The van der Waals surface area contributed by atoms with E-state index < -0.39 is 16.0 Å². The van der Waals surface area contributed by atoms with Crippen LogP contribution in [0.4, 0.5) is 0 Å². The van der Waals surface area contributed by atoms with Crippen molar-refractivity contribution in [3.8, 4) is 0 Å². The van der Waals surface area contributed by atoms with Crippen molar-refractivity contribution < 1.29 is 17.9 Å². The third-order valence-corrected chi connectivity index (χ3v) is 5.07. The SMILES string of the molecule is COC(=O)CN(C(C)C)S(=O)(=O)c1ccc(Br)cc1. The highest BCUT2D eigenvalue weighted by atomic mass is 79.9. The van der Waals surface area contributed by atoms with Gasteiger partial charge < -0.3 is 4.74 Å². The van der Waals surface area contributed by atoms with Crippen molar-refractivity contribution in [2.75, 3.05) is 13.7 Å². The average Bonchev–Trinajstić information content (AvgIpc) is 2.35. The second-order valence-corrected chi connectivity index (χ2v) is 6.98. The molecular formula is C12H16BrNO4S. The Labute approximate surface area is 121 Å². The molecule has 0 bridgehead atoms. The zero-order chi connectivity index (χ0) is 14.6. The van der Waals surface area contributed by atoms with E-state index in [2.05, 4.69) is 20.7 Å². The van der Waals surface area contributed by atoms with Crippen molar-refractivity contribution in [2.24, 2.45) is 0 Å². The Bertz CT molecular complexity index is 539. The quantitative estimate of drug-likeness (QED) is 0.763. The van der Waals surface area contributed by atoms with Crippen LogP contribution in [0.3, 0.4) is 0 Å². The number of sulfonamides is 1. The van der Waals surface area contributed by atoms with Crippen LogP contribution in [0.5, 0.6) is 0 Å². The van der Waals surface area contributed by atoms with E-state index in [0.717, 1.165) is 8.78 Å². The maximum atomic E-state index is 12.4. The fraction of sp³-hybridized carbons (Fsp3) is 0.417. The molecule has 0 saturated heterocycles. The lowest BCUT2D eigenvalue weighted by Crippen LogP contribution is -2.40. The summed E-state index contributed by atoms with van der Waals surface area (Å²) in [6, 6.07) is 5.93. The van der Waals surface area contributed by atoms with E-state index in [1.165, 1.54) is 19.2 Å². The first-order chi connectivity index (χ1) is 8.78. The van der Waals surface area contributed by atoms with E-state index in [0.29, 0.717) is 0 Å². The van der Waals surface area contributed by atoms with Crippen LogP contribution >= 0.6 is 15.9 Å². The first-order valence-electron chi connectivity index (χ1n) is 5.63. The molecule has 0 heterocycles. The van der Waals surface area contributed by atoms with E-state index in [-0.39, 0.29) is 17.5 Å². The van der Waals surface area contributed by atoms with Crippen molar-refractivity contribution in [2.45, 2.75) is 24.8 Å². The smallest absolute Gasteiger partial charge is 0.321 e. The first kappa shape index (κ1) is 16.1. The van der Waals surface area contributed by atoms with Gasteiger partial charge in [-0.05, 0) is 38.1 Å². The Morgan fingerprint density at radius 1 is 1.32 bits per heavy atom. The van der Waals surface area contributed by atoms with Crippen LogP contribution in [0.1, 0.15) is 13.8 Å². The van der Waals surface area contributed by atoms with Crippen LogP contribution in [0.25, 0.3) is 0 Å². The minimum atomic E-state index is -3.71. The summed E-state index contributed by atoms with van der Waals surface area (Å²) in [5.41, 5.74) is 0. The predicted octanol–water partition coefficient (Wildman–Crippen LogP) is 2.02. The number of hydrogen-bond acceptors (Lipinski definition) is 4. The van der Waals surface area contributed by atoms with E-state index >= 15 is 0 Å². The second kappa shape index (κ2) is 6.49. The number of esters is 1. The molecule has 0 aromatic heterocycles. The summed E-state index contributed by atoms with van der Waals surface area (Å²) in [4.78, 5) is 11.5. The zero-order valence-corrected chi connectivity index (χ0v) is 13.4. The van der Waals surface area contributed by atoms with Crippen LogP contribution in [0.2, 0.25) is 0 Å². The first-order valence-corrected chi connectivity index (χ1v) is 7.86. The van der Waals surface area contributed by atoms with Crippen LogP contribution in [-0.2, 0) is 19.6 Å². The average molecular weight is 350 g/mol. The lowest BCUT2D eigenvalue weighted by atomic mass is 10.4. The molecule has 0 radical (unpaired) electrons. The lowest BCUT2D eigenvalue weighted by Gasteiger charge is -2.24. The molecule has 7 heteroatoms. The molecule has 0 fully saturated rings. The van der Waals surface area contributed by atoms with Gasteiger partial charge in [-0.2, -0.15) is 4.31 Å². The molecule has 0 aliphatic carbocycles. The van der Waals surface area contributed by atoms with Crippen LogP contribution < -0.4 is 0 Å². The zero-order valence-electron chi connectivity index (χ0n) is 11.0. The number of methoxy groups -OCH3 is 1. The summed E-state index contributed by atoms with van der Waals surface area (Å²) in [6.07, 6.45) is 0. The summed E-state index contributed by atoms with van der Waals surface area (Å²) in [5, 5.41) is 0. The molecule has 0 N–H and O–H groups in total. The second-order valence-electron chi connectivity index (χ2n) is 4.17. The number of halogens is 1. The molecule has 0 aliphatic rings. The van der Waals surface area contributed by atoms with Crippen LogP contribution in [-0.4, -0.2) is 38.4 Å². The van der Waals surface area contributed by atoms with Crippen molar-refractivity contribution in [1.29, 1.82) is 0 Å². The van der Waals surface area contributed by atoms with Crippen LogP contribution in [0, 0.1) is 0 Å². The maximum absolute atomic E-state index is 12.4. The Kier molecular flexibility index (Phi) is 5.51. The van der Waals surface area contributed by atoms with E-state index in [9.17, 15) is 13.2 Å². The van der Waals surface area contributed by atoms with Gasteiger partial charge in [-0.25, -0.2) is 8.42 Å². The third kappa shape index (κ3) is 4.02.